The second kappa shape index (κ2) is 6.34. The summed E-state index contributed by atoms with van der Waals surface area (Å²) in [6, 6.07) is 0. The van der Waals surface area contributed by atoms with Crippen molar-refractivity contribution in [1.82, 2.24) is 9.97 Å². The standard InChI is InChI=1S/C10H15N3O2S/c1-3-14-6-7(2)15-10-8(9(11)16)12-4-5-13-10/h4-5,7H,3,6H2,1-2H3,(H2,11,16). The summed E-state index contributed by atoms with van der Waals surface area (Å²) in [4.78, 5) is 8.23. The zero-order valence-electron chi connectivity index (χ0n) is 9.34. The molecule has 0 amide bonds. The minimum absolute atomic E-state index is 0.121. The molecular weight excluding hydrogens is 226 g/mol. The Hall–Kier alpha value is -1.27. The van der Waals surface area contributed by atoms with E-state index in [0.29, 0.717) is 24.8 Å². The average molecular weight is 241 g/mol. The van der Waals surface area contributed by atoms with E-state index in [0.717, 1.165) is 0 Å². The van der Waals surface area contributed by atoms with Gasteiger partial charge in [-0.3, -0.25) is 0 Å². The number of ether oxygens (including phenoxy) is 2. The molecule has 1 heterocycles. The molecule has 0 bridgehead atoms. The van der Waals surface area contributed by atoms with Crippen LogP contribution in [0, 0.1) is 0 Å². The third-order valence-electron chi connectivity index (χ3n) is 1.77. The lowest BCUT2D eigenvalue weighted by atomic mass is 10.4. The molecular formula is C10H15N3O2S. The molecule has 0 fully saturated rings. The summed E-state index contributed by atoms with van der Waals surface area (Å²) < 4.78 is 10.8. The van der Waals surface area contributed by atoms with Crippen molar-refractivity contribution >= 4 is 17.2 Å². The Bertz CT molecular complexity index is 360. The first-order chi connectivity index (χ1) is 7.65. The number of hydrogen-bond acceptors (Lipinski definition) is 5. The minimum Gasteiger partial charge on any atom is -0.471 e. The fourth-order valence-electron chi connectivity index (χ4n) is 1.09. The van der Waals surface area contributed by atoms with Crippen LogP contribution in [0.1, 0.15) is 19.5 Å². The van der Waals surface area contributed by atoms with Crippen molar-refractivity contribution in [1.29, 1.82) is 0 Å². The Labute approximate surface area is 100.0 Å². The van der Waals surface area contributed by atoms with Gasteiger partial charge in [-0.15, -0.1) is 0 Å². The monoisotopic (exact) mass is 241 g/mol. The second-order valence-electron chi connectivity index (χ2n) is 3.16. The third kappa shape index (κ3) is 3.71. The number of thiocarbonyl (C=S) groups is 1. The van der Waals surface area contributed by atoms with Gasteiger partial charge in [0.1, 0.15) is 11.1 Å². The summed E-state index contributed by atoms with van der Waals surface area (Å²) in [5.41, 5.74) is 5.91. The van der Waals surface area contributed by atoms with Crippen LogP contribution in [0.5, 0.6) is 5.88 Å². The Morgan fingerprint density at radius 1 is 1.50 bits per heavy atom. The normalized spacial score (nSPS) is 12.1. The van der Waals surface area contributed by atoms with Crippen LogP contribution in [0.2, 0.25) is 0 Å². The highest BCUT2D eigenvalue weighted by Crippen LogP contribution is 2.13. The van der Waals surface area contributed by atoms with Crippen LogP contribution in [0.3, 0.4) is 0 Å². The smallest absolute Gasteiger partial charge is 0.243 e. The van der Waals surface area contributed by atoms with E-state index in [2.05, 4.69) is 9.97 Å². The van der Waals surface area contributed by atoms with Crippen LogP contribution in [-0.4, -0.2) is 34.3 Å². The summed E-state index contributed by atoms with van der Waals surface area (Å²) in [7, 11) is 0. The molecule has 88 valence electrons. The van der Waals surface area contributed by atoms with E-state index in [1.807, 2.05) is 13.8 Å². The molecule has 1 unspecified atom stereocenters. The van der Waals surface area contributed by atoms with Gasteiger partial charge < -0.3 is 15.2 Å². The average Bonchev–Trinajstić information content (AvgIpc) is 2.27. The van der Waals surface area contributed by atoms with Crippen molar-refractivity contribution < 1.29 is 9.47 Å². The zero-order valence-corrected chi connectivity index (χ0v) is 10.2. The van der Waals surface area contributed by atoms with Crippen molar-refractivity contribution in [3.8, 4) is 5.88 Å². The maximum absolute atomic E-state index is 5.54. The first-order valence-corrected chi connectivity index (χ1v) is 5.41. The maximum atomic E-state index is 5.54. The summed E-state index contributed by atoms with van der Waals surface area (Å²) in [6.07, 6.45) is 2.93. The molecule has 0 radical (unpaired) electrons. The second-order valence-corrected chi connectivity index (χ2v) is 3.60. The van der Waals surface area contributed by atoms with E-state index in [1.165, 1.54) is 12.4 Å². The number of aromatic nitrogens is 2. The molecule has 16 heavy (non-hydrogen) atoms. The molecule has 0 aromatic carbocycles. The molecule has 1 aromatic rings. The quantitative estimate of drug-likeness (QED) is 0.747. The zero-order chi connectivity index (χ0) is 12.0. The van der Waals surface area contributed by atoms with Crippen LogP contribution in [0.4, 0.5) is 0 Å². The van der Waals surface area contributed by atoms with Crippen LogP contribution < -0.4 is 10.5 Å². The largest absolute Gasteiger partial charge is 0.471 e. The number of nitrogens with two attached hydrogens (primary N) is 1. The summed E-state index contributed by atoms with van der Waals surface area (Å²) in [5, 5.41) is 0. The maximum Gasteiger partial charge on any atom is 0.243 e. The first kappa shape index (κ1) is 12.8. The fourth-order valence-corrected chi connectivity index (χ4v) is 1.23. The molecule has 0 aliphatic rings. The van der Waals surface area contributed by atoms with Gasteiger partial charge in [-0.1, -0.05) is 12.2 Å². The van der Waals surface area contributed by atoms with Crippen LogP contribution >= 0.6 is 12.2 Å². The Morgan fingerprint density at radius 2 is 2.19 bits per heavy atom. The molecule has 0 aliphatic heterocycles. The van der Waals surface area contributed by atoms with Gasteiger partial charge in [0.05, 0.1) is 6.61 Å². The number of nitrogens with zero attached hydrogens (tertiary/aromatic N) is 2. The van der Waals surface area contributed by atoms with Gasteiger partial charge >= 0.3 is 0 Å². The van der Waals surface area contributed by atoms with E-state index in [4.69, 9.17) is 27.4 Å². The van der Waals surface area contributed by atoms with Crippen molar-refractivity contribution in [3.05, 3.63) is 18.1 Å². The summed E-state index contributed by atoms with van der Waals surface area (Å²) >= 11 is 4.85. The van der Waals surface area contributed by atoms with Gasteiger partial charge in [0, 0.05) is 19.0 Å². The lowest BCUT2D eigenvalue weighted by molar-refractivity contribution is 0.0630. The highest BCUT2D eigenvalue weighted by Gasteiger charge is 2.12. The highest BCUT2D eigenvalue weighted by molar-refractivity contribution is 7.80. The third-order valence-corrected chi connectivity index (χ3v) is 1.96. The Balaban J connectivity index is 2.69. The minimum atomic E-state index is -0.121. The molecule has 0 aliphatic carbocycles. The number of rotatable bonds is 6. The highest BCUT2D eigenvalue weighted by atomic mass is 32.1. The molecule has 0 saturated carbocycles. The molecule has 1 rings (SSSR count). The van der Waals surface area contributed by atoms with Gasteiger partial charge in [-0.25, -0.2) is 9.97 Å². The van der Waals surface area contributed by atoms with Crippen molar-refractivity contribution in [2.24, 2.45) is 5.73 Å². The van der Waals surface area contributed by atoms with Crippen LogP contribution in [0.15, 0.2) is 12.4 Å². The lowest BCUT2D eigenvalue weighted by Crippen LogP contribution is -2.22. The molecule has 2 N–H and O–H groups in total. The first-order valence-electron chi connectivity index (χ1n) is 5.00. The predicted octanol–water partition coefficient (Wildman–Crippen LogP) is 0.915. The molecule has 1 aromatic heterocycles. The summed E-state index contributed by atoms with van der Waals surface area (Å²) in [6.45, 7) is 4.95. The fraction of sp³-hybridized carbons (Fsp3) is 0.500. The van der Waals surface area contributed by atoms with Crippen molar-refractivity contribution in [2.75, 3.05) is 13.2 Å². The van der Waals surface area contributed by atoms with E-state index in [-0.39, 0.29) is 11.1 Å². The van der Waals surface area contributed by atoms with Gasteiger partial charge in [-0.05, 0) is 13.8 Å². The van der Waals surface area contributed by atoms with Crippen molar-refractivity contribution in [3.63, 3.8) is 0 Å². The Kier molecular flexibility index (Phi) is 5.07. The molecule has 0 spiro atoms. The van der Waals surface area contributed by atoms with Gasteiger partial charge in [0.25, 0.3) is 0 Å². The molecule has 5 nitrogen and oxygen atoms in total. The van der Waals surface area contributed by atoms with E-state index >= 15 is 0 Å². The van der Waals surface area contributed by atoms with Crippen LogP contribution in [0.25, 0.3) is 0 Å². The molecule has 1 atom stereocenters. The summed E-state index contributed by atoms with van der Waals surface area (Å²) in [5.74, 6) is 0.349. The van der Waals surface area contributed by atoms with E-state index < -0.39 is 0 Å². The van der Waals surface area contributed by atoms with E-state index in [1.54, 1.807) is 0 Å². The van der Waals surface area contributed by atoms with Gasteiger partial charge in [-0.2, -0.15) is 0 Å². The predicted molar refractivity (Wildman–Crippen MR) is 64.5 cm³/mol. The molecule has 0 saturated heterocycles. The topological polar surface area (TPSA) is 70.3 Å². The lowest BCUT2D eigenvalue weighted by Gasteiger charge is -2.14. The van der Waals surface area contributed by atoms with Gasteiger partial charge in [0.15, 0.2) is 5.69 Å². The Morgan fingerprint density at radius 3 is 2.81 bits per heavy atom. The number of hydrogen-bond donors (Lipinski definition) is 1. The van der Waals surface area contributed by atoms with Crippen LogP contribution in [-0.2, 0) is 4.74 Å². The van der Waals surface area contributed by atoms with Crippen molar-refractivity contribution in [2.45, 2.75) is 20.0 Å². The van der Waals surface area contributed by atoms with E-state index in [9.17, 15) is 0 Å². The molecule has 6 heteroatoms. The SMILES string of the molecule is CCOCC(C)Oc1nccnc1C(N)=S. The van der Waals surface area contributed by atoms with Gasteiger partial charge in [0.2, 0.25) is 5.88 Å².